The first-order valence-electron chi connectivity index (χ1n) is 5.47. The zero-order valence-corrected chi connectivity index (χ0v) is 11.5. The molecule has 0 aliphatic heterocycles. The molecule has 0 spiro atoms. The number of thiophene rings is 1. The predicted molar refractivity (Wildman–Crippen MR) is 73.2 cm³/mol. The Morgan fingerprint density at radius 2 is 2.35 bits per heavy atom. The maximum atomic E-state index is 5.75. The number of anilines is 1. The third-order valence-corrected chi connectivity index (χ3v) is 4.39. The van der Waals surface area contributed by atoms with Crippen LogP contribution in [-0.4, -0.2) is 15.9 Å². The molecule has 2 aromatic rings. The Morgan fingerprint density at radius 1 is 1.53 bits per heavy atom. The highest BCUT2D eigenvalue weighted by atomic mass is 32.2. The van der Waals surface area contributed by atoms with E-state index in [2.05, 4.69) is 17.1 Å². The molecule has 4 nitrogen and oxygen atoms in total. The minimum atomic E-state index is 0.580. The number of nitrogens with two attached hydrogens (primary N) is 1. The van der Waals surface area contributed by atoms with Gasteiger partial charge in [-0.15, -0.1) is 11.3 Å². The summed E-state index contributed by atoms with van der Waals surface area (Å²) in [7, 11) is 0. The molecule has 0 aliphatic carbocycles. The van der Waals surface area contributed by atoms with Gasteiger partial charge < -0.3 is 10.3 Å². The molecule has 0 aliphatic rings. The van der Waals surface area contributed by atoms with Crippen molar-refractivity contribution in [1.29, 1.82) is 0 Å². The fourth-order valence-electron chi connectivity index (χ4n) is 1.43. The van der Waals surface area contributed by atoms with E-state index in [1.54, 1.807) is 0 Å². The summed E-state index contributed by atoms with van der Waals surface area (Å²) >= 11 is 3.30. The lowest BCUT2D eigenvalue weighted by Gasteiger charge is -1.92. The molecule has 0 bridgehead atoms. The minimum Gasteiger partial charge on any atom is -0.391 e. The average Bonchev–Trinajstić information content (AvgIpc) is 2.86. The number of thioether (sulfide) groups is 1. The summed E-state index contributed by atoms with van der Waals surface area (Å²) in [4.78, 5) is 5.36. The Hall–Kier alpha value is -1.01. The fourth-order valence-corrected chi connectivity index (χ4v) is 3.03. The second kappa shape index (κ2) is 5.55. The van der Waals surface area contributed by atoms with Crippen LogP contribution in [0.1, 0.15) is 24.7 Å². The molecule has 0 unspecified atom stereocenters. The van der Waals surface area contributed by atoms with E-state index in [1.807, 2.05) is 24.8 Å². The molecule has 0 fully saturated rings. The van der Waals surface area contributed by atoms with E-state index in [4.69, 9.17) is 10.3 Å². The van der Waals surface area contributed by atoms with Crippen molar-refractivity contribution in [3.63, 3.8) is 0 Å². The van der Waals surface area contributed by atoms with E-state index in [1.165, 1.54) is 11.3 Å². The summed E-state index contributed by atoms with van der Waals surface area (Å²) in [5.74, 6) is 3.26. The second-order valence-corrected chi connectivity index (χ2v) is 5.92. The Balaban J connectivity index is 2.10. The number of rotatable bonds is 5. The molecule has 0 saturated heterocycles. The van der Waals surface area contributed by atoms with Gasteiger partial charge in [0.2, 0.25) is 0 Å². The molecular formula is C11H15N3OS2. The molecule has 2 heterocycles. The monoisotopic (exact) mass is 269 g/mol. The number of hydrogen-bond acceptors (Lipinski definition) is 6. The standard InChI is InChI=1S/C11H15N3OS2/c1-3-4-16-6-9-13-11(15-14-9)10-7(2)5-8(12)17-10/h5H,3-4,6,12H2,1-2H3. The lowest BCUT2D eigenvalue weighted by Crippen LogP contribution is -1.85. The van der Waals surface area contributed by atoms with Gasteiger partial charge in [-0.3, -0.25) is 0 Å². The van der Waals surface area contributed by atoms with Crippen LogP contribution in [0.25, 0.3) is 10.8 Å². The van der Waals surface area contributed by atoms with E-state index in [9.17, 15) is 0 Å². The Bertz CT molecular complexity index is 493. The van der Waals surface area contributed by atoms with Crippen LogP contribution in [0.2, 0.25) is 0 Å². The molecule has 2 aromatic heterocycles. The van der Waals surface area contributed by atoms with Crippen molar-refractivity contribution in [1.82, 2.24) is 10.1 Å². The second-order valence-electron chi connectivity index (χ2n) is 3.73. The molecule has 2 rings (SSSR count). The highest BCUT2D eigenvalue weighted by molar-refractivity contribution is 7.98. The summed E-state index contributed by atoms with van der Waals surface area (Å²) in [6.45, 7) is 4.16. The third-order valence-electron chi connectivity index (χ3n) is 2.18. The van der Waals surface area contributed by atoms with E-state index in [0.717, 1.165) is 39.2 Å². The fraction of sp³-hybridized carbons (Fsp3) is 0.455. The van der Waals surface area contributed by atoms with Gasteiger partial charge in [0.1, 0.15) is 0 Å². The molecule has 0 aromatic carbocycles. The van der Waals surface area contributed by atoms with Gasteiger partial charge in [0.05, 0.1) is 15.6 Å². The first-order chi connectivity index (χ1) is 8.20. The molecule has 0 saturated carbocycles. The average molecular weight is 269 g/mol. The van der Waals surface area contributed by atoms with Crippen LogP contribution in [0, 0.1) is 6.92 Å². The molecule has 2 N–H and O–H groups in total. The van der Waals surface area contributed by atoms with Crippen LogP contribution < -0.4 is 5.73 Å². The van der Waals surface area contributed by atoms with Crippen molar-refractivity contribution >= 4 is 28.1 Å². The summed E-state index contributed by atoms with van der Waals surface area (Å²) in [6.07, 6.45) is 1.16. The van der Waals surface area contributed by atoms with E-state index < -0.39 is 0 Å². The third kappa shape index (κ3) is 3.01. The molecule has 17 heavy (non-hydrogen) atoms. The van der Waals surface area contributed by atoms with Gasteiger partial charge in [-0.1, -0.05) is 12.1 Å². The maximum Gasteiger partial charge on any atom is 0.268 e. The highest BCUT2D eigenvalue weighted by Gasteiger charge is 2.13. The van der Waals surface area contributed by atoms with Crippen LogP contribution in [0.4, 0.5) is 5.00 Å². The van der Waals surface area contributed by atoms with Gasteiger partial charge >= 0.3 is 0 Å². The number of nitrogen functional groups attached to an aromatic ring is 1. The Kier molecular flexibility index (Phi) is 4.06. The lowest BCUT2D eigenvalue weighted by molar-refractivity contribution is 0.426. The zero-order chi connectivity index (χ0) is 12.3. The van der Waals surface area contributed by atoms with Crippen molar-refractivity contribution in [2.45, 2.75) is 26.0 Å². The Morgan fingerprint density at radius 3 is 3.00 bits per heavy atom. The first kappa shape index (κ1) is 12.4. The summed E-state index contributed by atoms with van der Waals surface area (Å²) < 4.78 is 5.26. The van der Waals surface area contributed by atoms with Crippen LogP contribution in [0.3, 0.4) is 0 Å². The number of aryl methyl sites for hydroxylation is 1. The van der Waals surface area contributed by atoms with Crippen molar-refractivity contribution in [2.24, 2.45) is 0 Å². The van der Waals surface area contributed by atoms with Crippen LogP contribution in [-0.2, 0) is 5.75 Å². The minimum absolute atomic E-state index is 0.580. The number of aromatic nitrogens is 2. The van der Waals surface area contributed by atoms with Gasteiger partial charge in [0.15, 0.2) is 5.82 Å². The predicted octanol–water partition coefficient (Wildman–Crippen LogP) is 3.33. The SMILES string of the molecule is CCCSCc1noc(-c2sc(N)cc2C)n1. The smallest absolute Gasteiger partial charge is 0.268 e. The van der Waals surface area contributed by atoms with Crippen LogP contribution in [0.5, 0.6) is 0 Å². The number of hydrogen-bond donors (Lipinski definition) is 1. The molecule has 6 heteroatoms. The highest BCUT2D eigenvalue weighted by Crippen LogP contribution is 2.32. The maximum absolute atomic E-state index is 5.75. The van der Waals surface area contributed by atoms with Gasteiger partial charge in [-0.25, -0.2) is 0 Å². The van der Waals surface area contributed by atoms with Crippen molar-refractivity contribution < 1.29 is 4.52 Å². The normalized spacial score (nSPS) is 10.9. The largest absolute Gasteiger partial charge is 0.391 e. The molecule has 0 atom stereocenters. The molecule has 92 valence electrons. The van der Waals surface area contributed by atoms with Crippen LogP contribution >= 0.6 is 23.1 Å². The molecular weight excluding hydrogens is 254 g/mol. The topological polar surface area (TPSA) is 64.9 Å². The van der Waals surface area contributed by atoms with Crippen molar-refractivity contribution in [3.05, 3.63) is 17.5 Å². The van der Waals surface area contributed by atoms with Crippen LogP contribution in [0.15, 0.2) is 10.6 Å². The number of nitrogens with zero attached hydrogens (tertiary/aromatic N) is 2. The summed E-state index contributed by atoms with van der Waals surface area (Å²) in [5, 5.41) is 4.75. The summed E-state index contributed by atoms with van der Waals surface area (Å²) in [5.41, 5.74) is 6.83. The molecule has 0 amide bonds. The van der Waals surface area contributed by atoms with Gasteiger partial charge in [0, 0.05) is 0 Å². The summed E-state index contributed by atoms with van der Waals surface area (Å²) in [6, 6.07) is 1.93. The van der Waals surface area contributed by atoms with E-state index in [-0.39, 0.29) is 0 Å². The first-order valence-corrected chi connectivity index (χ1v) is 7.44. The molecule has 0 radical (unpaired) electrons. The lowest BCUT2D eigenvalue weighted by atomic mass is 10.3. The van der Waals surface area contributed by atoms with Gasteiger partial charge in [-0.05, 0) is 30.7 Å². The quantitative estimate of drug-likeness (QED) is 0.843. The van der Waals surface area contributed by atoms with Gasteiger partial charge in [-0.2, -0.15) is 16.7 Å². The van der Waals surface area contributed by atoms with Crippen molar-refractivity contribution in [3.8, 4) is 10.8 Å². The zero-order valence-electron chi connectivity index (χ0n) is 9.90. The van der Waals surface area contributed by atoms with E-state index in [0.29, 0.717) is 5.89 Å². The van der Waals surface area contributed by atoms with Crippen molar-refractivity contribution in [2.75, 3.05) is 11.5 Å². The Labute approximate surface area is 109 Å². The van der Waals surface area contributed by atoms with E-state index >= 15 is 0 Å². The van der Waals surface area contributed by atoms with Gasteiger partial charge in [0.25, 0.3) is 5.89 Å².